The van der Waals surface area contributed by atoms with Crippen LogP contribution in [0, 0.1) is 23.2 Å². The van der Waals surface area contributed by atoms with Crippen LogP contribution in [0.5, 0.6) is 0 Å². The Morgan fingerprint density at radius 2 is 1.82 bits per heavy atom. The van der Waals surface area contributed by atoms with Crippen molar-refractivity contribution in [2.24, 2.45) is 23.2 Å². The minimum absolute atomic E-state index is 0.834. The smallest absolute Gasteiger partial charge is 0.0264 e. The fourth-order valence-electron chi connectivity index (χ4n) is 4.26. The van der Waals surface area contributed by atoms with Crippen LogP contribution in [-0.2, 0) is 0 Å². The summed E-state index contributed by atoms with van der Waals surface area (Å²) < 4.78 is 0. The number of rotatable bonds is 0. The van der Waals surface area contributed by atoms with Gasteiger partial charge in [0.15, 0.2) is 0 Å². The Bertz CT molecular complexity index is 184. The zero-order valence-electron chi connectivity index (χ0n) is 7.47. The van der Waals surface area contributed by atoms with Gasteiger partial charge in [0.05, 0.1) is 0 Å². The summed E-state index contributed by atoms with van der Waals surface area (Å²) in [4.78, 5) is 0. The SMILES string of the molecule is CC12CCCCC1C1CCC12. The molecule has 0 N–H and O–H groups in total. The van der Waals surface area contributed by atoms with Crippen molar-refractivity contribution in [3.63, 3.8) is 0 Å². The molecule has 0 saturated heterocycles. The molecule has 0 bridgehead atoms. The van der Waals surface area contributed by atoms with Crippen LogP contribution in [-0.4, -0.2) is 0 Å². The lowest BCUT2D eigenvalue weighted by Crippen LogP contribution is -2.61. The highest BCUT2D eigenvalue weighted by molar-refractivity contribution is 5.11. The van der Waals surface area contributed by atoms with E-state index in [0.29, 0.717) is 0 Å². The third-order valence-electron chi connectivity index (χ3n) is 5.02. The molecule has 0 aromatic carbocycles. The van der Waals surface area contributed by atoms with E-state index in [-0.39, 0.29) is 0 Å². The molecule has 0 heteroatoms. The summed E-state index contributed by atoms with van der Waals surface area (Å²) in [6, 6.07) is 0. The van der Waals surface area contributed by atoms with Crippen molar-refractivity contribution in [1.29, 1.82) is 0 Å². The second-order valence-electron chi connectivity index (χ2n) is 5.21. The van der Waals surface area contributed by atoms with E-state index in [9.17, 15) is 0 Å². The largest absolute Gasteiger partial charge is 0.0591 e. The van der Waals surface area contributed by atoms with E-state index in [1.807, 2.05) is 0 Å². The van der Waals surface area contributed by atoms with E-state index in [1.54, 1.807) is 25.7 Å². The fraction of sp³-hybridized carbons (Fsp3) is 1.00. The van der Waals surface area contributed by atoms with Crippen molar-refractivity contribution in [2.45, 2.75) is 45.4 Å². The highest BCUT2D eigenvalue weighted by Gasteiger charge is 2.62. The fourth-order valence-corrected chi connectivity index (χ4v) is 4.26. The van der Waals surface area contributed by atoms with Gasteiger partial charge in [-0.15, -0.1) is 0 Å². The molecule has 0 nitrogen and oxygen atoms in total. The molecule has 0 aromatic rings. The summed E-state index contributed by atoms with van der Waals surface area (Å²) in [7, 11) is 0. The lowest BCUT2D eigenvalue weighted by Gasteiger charge is -2.68. The van der Waals surface area contributed by atoms with Crippen molar-refractivity contribution in [3.8, 4) is 0 Å². The van der Waals surface area contributed by atoms with Crippen molar-refractivity contribution < 1.29 is 0 Å². The Balaban J connectivity index is 1.85. The van der Waals surface area contributed by atoms with Crippen molar-refractivity contribution in [1.82, 2.24) is 0 Å². The Kier molecular flexibility index (Phi) is 1.09. The molecule has 4 unspecified atom stereocenters. The average molecular weight is 150 g/mol. The van der Waals surface area contributed by atoms with Crippen LogP contribution in [0.15, 0.2) is 0 Å². The Morgan fingerprint density at radius 1 is 1.00 bits per heavy atom. The van der Waals surface area contributed by atoms with E-state index in [2.05, 4.69) is 6.92 Å². The van der Waals surface area contributed by atoms with Crippen LogP contribution in [0.4, 0.5) is 0 Å². The summed E-state index contributed by atoms with van der Waals surface area (Å²) in [6.07, 6.45) is 9.32. The molecular weight excluding hydrogens is 132 g/mol. The molecule has 0 amide bonds. The zero-order chi connectivity index (χ0) is 7.47. The minimum Gasteiger partial charge on any atom is -0.0591 e. The highest BCUT2D eigenvalue weighted by atomic mass is 14.7. The van der Waals surface area contributed by atoms with E-state index >= 15 is 0 Å². The second-order valence-corrected chi connectivity index (χ2v) is 5.21. The monoisotopic (exact) mass is 150 g/mol. The summed E-state index contributed by atoms with van der Waals surface area (Å²) >= 11 is 0. The number of hydrogen-bond donors (Lipinski definition) is 0. The lowest BCUT2D eigenvalue weighted by molar-refractivity contribution is -0.196. The van der Waals surface area contributed by atoms with E-state index < -0.39 is 0 Å². The van der Waals surface area contributed by atoms with Crippen LogP contribution in [0.1, 0.15) is 45.4 Å². The van der Waals surface area contributed by atoms with Crippen LogP contribution in [0.25, 0.3) is 0 Å². The molecule has 3 aliphatic rings. The normalized spacial score (nSPS) is 60.3. The molecule has 3 fully saturated rings. The van der Waals surface area contributed by atoms with Gasteiger partial charge >= 0.3 is 0 Å². The molecule has 0 radical (unpaired) electrons. The molecule has 0 spiro atoms. The molecule has 0 aliphatic heterocycles. The Morgan fingerprint density at radius 3 is 2.45 bits per heavy atom. The molecule has 4 atom stereocenters. The van der Waals surface area contributed by atoms with E-state index in [0.717, 1.165) is 11.3 Å². The van der Waals surface area contributed by atoms with Gasteiger partial charge in [-0.05, 0) is 48.9 Å². The maximum absolute atomic E-state index is 2.57. The first-order valence-corrected chi connectivity index (χ1v) is 5.32. The van der Waals surface area contributed by atoms with Crippen LogP contribution < -0.4 is 0 Å². The predicted octanol–water partition coefficient (Wildman–Crippen LogP) is 3.22. The van der Waals surface area contributed by atoms with Gasteiger partial charge in [-0.1, -0.05) is 19.8 Å². The standard InChI is InChI=1S/C11H18/c1-11-7-3-2-4-9(11)8-5-6-10(8)11/h8-10H,2-7H2,1H3. The number of fused-ring (bicyclic) bond motifs is 4. The molecule has 3 aliphatic carbocycles. The summed E-state index contributed by atoms with van der Waals surface area (Å²) in [5, 5.41) is 0. The molecule has 0 heterocycles. The lowest BCUT2D eigenvalue weighted by atomic mass is 9.36. The van der Waals surface area contributed by atoms with Crippen LogP contribution in [0.3, 0.4) is 0 Å². The first-order chi connectivity index (χ1) is 5.32. The van der Waals surface area contributed by atoms with Gasteiger partial charge in [0.2, 0.25) is 0 Å². The average Bonchev–Trinajstić information content (AvgIpc) is 1.91. The first-order valence-electron chi connectivity index (χ1n) is 5.32. The summed E-state index contributed by atoms with van der Waals surface area (Å²) in [6.45, 7) is 2.57. The predicted molar refractivity (Wildman–Crippen MR) is 46.3 cm³/mol. The highest BCUT2D eigenvalue weighted by Crippen LogP contribution is 2.70. The third kappa shape index (κ3) is 0.588. The van der Waals surface area contributed by atoms with Gasteiger partial charge in [0.25, 0.3) is 0 Å². The first kappa shape index (κ1) is 6.51. The molecule has 3 rings (SSSR count). The maximum Gasteiger partial charge on any atom is -0.0264 e. The van der Waals surface area contributed by atoms with Crippen molar-refractivity contribution in [2.75, 3.05) is 0 Å². The Hall–Kier alpha value is 0. The molecular formula is C11H18. The summed E-state index contributed by atoms with van der Waals surface area (Å²) in [5.74, 6) is 3.53. The zero-order valence-corrected chi connectivity index (χ0v) is 7.47. The van der Waals surface area contributed by atoms with Gasteiger partial charge in [0, 0.05) is 0 Å². The van der Waals surface area contributed by atoms with Gasteiger partial charge in [-0.25, -0.2) is 0 Å². The number of hydrogen-bond acceptors (Lipinski definition) is 0. The van der Waals surface area contributed by atoms with Gasteiger partial charge in [-0.3, -0.25) is 0 Å². The van der Waals surface area contributed by atoms with E-state index in [4.69, 9.17) is 0 Å². The summed E-state index contributed by atoms with van der Waals surface area (Å²) in [5.41, 5.74) is 0.834. The second kappa shape index (κ2) is 1.84. The molecule has 0 aromatic heterocycles. The van der Waals surface area contributed by atoms with Crippen molar-refractivity contribution in [3.05, 3.63) is 0 Å². The topological polar surface area (TPSA) is 0 Å². The van der Waals surface area contributed by atoms with Gasteiger partial charge in [0.1, 0.15) is 0 Å². The van der Waals surface area contributed by atoms with Crippen LogP contribution >= 0.6 is 0 Å². The Labute approximate surface area is 69.4 Å². The van der Waals surface area contributed by atoms with Gasteiger partial charge in [-0.2, -0.15) is 0 Å². The van der Waals surface area contributed by atoms with Crippen molar-refractivity contribution >= 4 is 0 Å². The molecule has 11 heavy (non-hydrogen) atoms. The molecule has 62 valence electrons. The van der Waals surface area contributed by atoms with Crippen LogP contribution in [0.2, 0.25) is 0 Å². The molecule has 3 saturated carbocycles. The minimum atomic E-state index is 0.834. The van der Waals surface area contributed by atoms with E-state index in [1.165, 1.54) is 24.7 Å². The third-order valence-corrected chi connectivity index (χ3v) is 5.02. The van der Waals surface area contributed by atoms with Gasteiger partial charge < -0.3 is 0 Å². The maximum atomic E-state index is 2.57. The quantitative estimate of drug-likeness (QED) is 0.497.